The van der Waals surface area contributed by atoms with Crippen LogP contribution in [-0.4, -0.2) is 125 Å². The van der Waals surface area contributed by atoms with Crippen molar-refractivity contribution in [3.63, 3.8) is 0 Å². The Balaban J connectivity index is 1.52. The van der Waals surface area contributed by atoms with E-state index in [0.717, 1.165) is 31.5 Å². The van der Waals surface area contributed by atoms with Crippen LogP contribution in [0.15, 0.2) is 21.8 Å². The van der Waals surface area contributed by atoms with Crippen molar-refractivity contribution >= 4 is 66.7 Å². The molecule has 1 aromatic rings. The number of β-lactam (4-membered cyclic amide) rings is 1. The number of rotatable bonds is 12. The van der Waals surface area contributed by atoms with Crippen LogP contribution in [0.4, 0.5) is 4.79 Å². The summed E-state index contributed by atoms with van der Waals surface area (Å²) in [5, 5.41) is 11.4. The van der Waals surface area contributed by atoms with E-state index in [0.29, 0.717) is 34.9 Å². The summed E-state index contributed by atoms with van der Waals surface area (Å²) >= 11 is 2.74. The van der Waals surface area contributed by atoms with Gasteiger partial charge in [-0.1, -0.05) is 5.16 Å². The van der Waals surface area contributed by atoms with Gasteiger partial charge in [0.15, 0.2) is 5.71 Å². The fraction of sp³-hybridized carbons (Fsp3) is 0.667. The number of hydrogen-bond donors (Lipinski definition) is 2. The fourth-order valence-corrected chi connectivity index (χ4v) is 7.89. The first-order valence-electron chi connectivity index (χ1n) is 17.0. The molecule has 280 valence electrons. The number of nitrogens with zero attached hydrogens (tertiary/aromatic N) is 4. The number of fused-ring (bicyclic) bond motifs is 1. The molecule has 0 unspecified atom stereocenters. The van der Waals surface area contributed by atoms with Gasteiger partial charge in [0.2, 0.25) is 5.60 Å². The molecule has 4 rings (SSSR count). The number of ether oxygens (including phenoxy) is 2. The number of oxime groups is 1. The molecule has 4 heterocycles. The normalized spacial score (nSPS) is 20.6. The second-order valence-corrected chi connectivity index (χ2v) is 17.6. The Morgan fingerprint density at radius 2 is 1.71 bits per heavy atom. The first-order valence-corrected chi connectivity index (χ1v) is 18.9. The summed E-state index contributed by atoms with van der Waals surface area (Å²) in [6.45, 7) is 18.6. The SMILES string of the molecule is BOC(=O)C1=C(C[N+]2(CCNC(=O)OC(C)(C)C)CCCC2)CS[C@@H]2[C@H](NC(=O)/C(=N\OC(C)(C)C(=O)OC(C)(C)C)c3csc(C)n3)C(=O)N12. The molecule has 3 aliphatic rings. The third-order valence-electron chi connectivity index (χ3n) is 8.34. The van der Waals surface area contributed by atoms with Gasteiger partial charge in [0.25, 0.3) is 11.8 Å². The smallest absolute Gasteiger partial charge is 0.407 e. The van der Waals surface area contributed by atoms with Crippen molar-refractivity contribution in [2.75, 3.05) is 38.5 Å². The number of carbonyl (C=O) groups excluding carboxylic acids is 5. The van der Waals surface area contributed by atoms with Crippen LogP contribution in [-0.2, 0) is 38.1 Å². The molecule has 51 heavy (non-hydrogen) atoms. The van der Waals surface area contributed by atoms with Crippen molar-refractivity contribution < 1.29 is 47.4 Å². The quantitative estimate of drug-likeness (QED) is 0.0801. The number of likely N-dealkylation sites (tertiary alicyclic amines) is 1. The van der Waals surface area contributed by atoms with Crippen LogP contribution in [0.25, 0.3) is 0 Å². The van der Waals surface area contributed by atoms with Crippen LogP contribution in [0.1, 0.15) is 78.9 Å². The number of thioether (sulfide) groups is 1. The number of amides is 3. The zero-order valence-electron chi connectivity index (χ0n) is 31.2. The van der Waals surface area contributed by atoms with Gasteiger partial charge < -0.3 is 34.1 Å². The van der Waals surface area contributed by atoms with Crippen molar-refractivity contribution in [2.45, 2.75) is 103 Å². The van der Waals surface area contributed by atoms with Crippen LogP contribution in [0.5, 0.6) is 0 Å². The highest BCUT2D eigenvalue weighted by Gasteiger charge is 2.55. The number of aryl methyl sites for hydroxylation is 1. The number of nitrogens with one attached hydrogen (secondary N) is 2. The number of quaternary nitrogens is 1. The van der Waals surface area contributed by atoms with E-state index in [9.17, 15) is 24.0 Å². The minimum Gasteiger partial charge on any atom is -0.539 e. The lowest BCUT2D eigenvalue weighted by molar-refractivity contribution is -0.911. The molecular weight excluding hydrogens is 699 g/mol. The summed E-state index contributed by atoms with van der Waals surface area (Å²) in [4.78, 5) is 77.1. The monoisotopic (exact) mass is 749 g/mol. The van der Waals surface area contributed by atoms with Crippen molar-refractivity contribution in [3.8, 4) is 0 Å². The predicted octanol–water partition coefficient (Wildman–Crippen LogP) is 2.17. The highest BCUT2D eigenvalue weighted by Crippen LogP contribution is 2.42. The number of carbonyl (C=O) groups is 5. The van der Waals surface area contributed by atoms with E-state index in [4.69, 9.17) is 19.0 Å². The molecule has 0 aliphatic carbocycles. The fourth-order valence-electron chi connectivity index (χ4n) is 5.96. The third-order valence-corrected chi connectivity index (χ3v) is 10.5. The van der Waals surface area contributed by atoms with Crippen molar-refractivity contribution in [3.05, 3.63) is 27.4 Å². The average Bonchev–Trinajstić information content (AvgIpc) is 3.66. The number of esters is 1. The lowest BCUT2D eigenvalue weighted by Crippen LogP contribution is -2.71. The van der Waals surface area contributed by atoms with Gasteiger partial charge >= 0.3 is 26.1 Å². The molecule has 0 saturated carbocycles. The molecule has 0 spiro atoms. The Kier molecular flexibility index (Phi) is 12.2. The van der Waals surface area contributed by atoms with E-state index in [1.54, 1.807) is 53.8 Å². The van der Waals surface area contributed by atoms with Gasteiger partial charge in [-0.05, 0) is 62.3 Å². The van der Waals surface area contributed by atoms with Crippen LogP contribution in [0, 0.1) is 6.92 Å². The van der Waals surface area contributed by atoms with E-state index in [2.05, 4.69) is 20.8 Å². The molecule has 15 nitrogen and oxygen atoms in total. The molecule has 2 N–H and O–H groups in total. The molecule has 0 aromatic carbocycles. The molecule has 2 atom stereocenters. The number of thiazole rings is 1. The standard InChI is InChI=1S/C33H49BN6O9S2/c1-19-36-21(18-50-19)22(38-49-33(8,9)29(44)46-31(2,3)4)25(41)37-23-26(42)39-24(28(43)48-34)20(17-51-27(23)39)16-40(13-10-11-14-40)15-12-35-30(45)47-32(5,6)7/h18,23,27H,10-17,34H2,1-9H3,(H-,35,37,41,45)/p+1/b38-22-/t23-,27-/m1/s1. The summed E-state index contributed by atoms with van der Waals surface area (Å²) in [6.07, 6.45) is 1.52. The minimum atomic E-state index is -1.54. The minimum absolute atomic E-state index is 0.188. The molecule has 1 aromatic heterocycles. The molecule has 0 radical (unpaired) electrons. The number of aromatic nitrogens is 1. The predicted molar refractivity (Wildman–Crippen MR) is 194 cm³/mol. The van der Waals surface area contributed by atoms with Gasteiger partial charge in [-0.15, -0.1) is 23.1 Å². The maximum Gasteiger partial charge on any atom is 0.407 e. The van der Waals surface area contributed by atoms with E-state index in [1.807, 2.05) is 0 Å². The van der Waals surface area contributed by atoms with Gasteiger partial charge in [0.1, 0.15) is 40.6 Å². The van der Waals surface area contributed by atoms with Crippen LogP contribution < -0.4 is 10.6 Å². The van der Waals surface area contributed by atoms with Crippen LogP contribution in [0.3, 0.4) is 0 Å². The maximum absolute atomic E-state index is 13.7. The third kappa shape index (κ3) is 10.0. The maximum atomic E-state index is 13.7. The van der Waals surface area contributed by atoms with Crippen LogP contribution >= 0.6 is 23.1 Å². The summed E-state index contributed by atoms with van der Waals surface area (Å²) < 4.78 is 16.6. The highest BCUT2D eigenvalue weighted by atomic mass is 32.2. The van der Waals surface area contributed by atoms with Crippen molar-refractivity contribution in [1.29, 1.82) is 0 Å². The zero-order valence-corrected chi connectivity index (χ0v) is 32.8. The first kappa shape index (κ1) is 40.1. The Bertz CT molecular complexity index is 1590. The first-order chi connectivity index (χ1) is 23.7. The Labute approximate surface area is 308 Å². The van der Waals surface area contributed by atoms with Gasteiger partial charge in [0, 0.05) is 29.5 Å². The summed E-state index contributed by atoms with van der Waals surface area (Å²) in [5.74, 6) is -2.07. The Morgan fingerprint density at radius 1 is 1.06 bits per heavy atom. The average molecular weight is 750 g/mol. The second-order valence-electron chi connectivity index (χ2n) is 15.4. The summed E-state index contributed by atoms with van der Waals surface area (Å²) in [6, 6.07) is -0.972. The lowest BCUT2D eigenvalue weighted by Gasteiger charge is -2.50. The largest absolute Gasteiger partial charge is 0.539 e. The molecule has 3 aliphatic heterocycles. The van der Waals surface area contributed by atoms with E-state index in [-0.39, 0.29) is 17.1 Å². The van der Waals surface area contributed by atoms with Gasteiger partial charge in [-0.25, -0.2) is 19.4 Å². The van der Waals surface area contributed by atoms with Gasteiger partial charge in [-0.2, -0.15) is 0 Å². The van der Waals surface area contributed by atoms with E-state index in [1.165, 1.54) is 49.9 Å². The number of alkyl carbamates (subject to hydrolysis) is 1. The molecular formula is C33H50BN6O9S2+. The Morgan fingerprint density at radius 3 is 2.27 bits per heavy atom. The van der Waals surface area contributed by atoms with Crippen LogP contribution in [0.2, 0.25) is 0 Å². The van der Waals surface area contributed by atoms with Crippen molar-refractivity contribution in [1.82, 2.24) is 20.5 Å². The van der Waals surface area contributed by atoms with E-state index >= 15 is 0 Å². The topological polar surface area (TPSA) is 175 Å². The lowest BCUT2D eigenvalue weighted by atomic mass is 10.0. The van der Waals surface area contributed by atoms with Gasteiger partial charge in [0.05, 0.1) is 31.2 Å². The number of hydrogen-bond acceptors (Lipinski definition) is 13. The summed E-state index contributed by atoms with van der Waals surface area (Å²) in [7, 11) is 1.27. The van der Waals surface area contributed by atoms with Gasteiger partial charge in [-0.3, -0.25) is 14.5 Å². The van der Waals surface area contributed by atoms with E-state index < -0.39 is 58.1 Å². The van der Waals surface area contributed by atoms with Crippen molar-refractivity contribution in [2.24, 2.45) is 5.16 Å². The second kappa shape index (κ2) is 15.5. The highest BCUT2D eigenvalue weighted by molar-refractivity contribution is 8.00. The molecule has 3 amide bonds. The zero-order chi connectivity index (χ0) is 37.9. The Hall–Kier alpha value is -3.64. The molecule has 0 bridgehead atoms. The summed E-state index contributed by atoms with van der Waals surface area (Å²) in [5.41, 5.74) is -1.95. The molecule has 18 heteroatoms. The molecule has 2 fully saturated rings. The molecule has 2 saturated heterocycles.